The Kier molecular flexibility index (Phi) is 5.50. The average Bonchev–Trinajstić information content (AvgIpc) is 2.94. The van der Waals surface area contributed by atoms with Gasteiger partial charge in [-0.15, -0.1) is 0 Å². The van der Waals surface area contributed by atoms with E-state index in [0.717, 1.165) is 6.42 Å². The fraction of sp³-hybridized carbons (Fsp3) is 0.533. The van der Waals surface area contributed by atoms with Crippen LogP contribution in [0.25, 0.3) is 0 Å². The van der Waals surface area contributed by atoms with Gasteiger partial charge in [0.05, 0.1) is 11.8 Å². The van der Waals surface area contributed by atoms with Gasteiger partial charge in [0.1, 0.15) is 12.7 Å². The summed E-state index contributed by atoms with van der Waals surface area (Å²) in [5, 5.41) is 0. The number of nitrogens with zero attached hydrogens (tertiary/aromatic N) is 1. The molecule has 0 aromatic rings. The number of hydrogen-bond donors (Lipinski definition) is 1. The first kappa shape index (κ1) is 15.7. The molecule has 2 aliphatic heterocycles. The van der Waals surface area contributed by atoms with Crippen LogP contribution in [0, 0.1) is 12.8 Å². The molecule has 0 aromatic heterocycles. The quantitative estimate of drug-likeness (QED) is 0.742. The smallest absolute Gasteiger partial charge is 0.305 e. The van der Waals surface area contributed by atoms with Crippen molar-refractivity contribution in [3.63, 3.8) is 0 Å². The summed E-state index contributed by atoms with van der Waals surface area (Å²) in [6, 6.07) is 0. The van der Waals surface area contributed by atoms with Crippen molar-refractivity contribution in [2.45, 2.75) is 44.8 Å². The molecule has 0 aliphatic carbocycles. The third kappa shape index (κ3) is 4.14. The van der Waals surface area contributed by atoms with Crippen LogP contribution < -0.4 is 5.73 Å². The van der Waals surface area contributed by atoms with Gasteiger partial charge >= 0.3 is 5.97 Å². The van der Waals surface area contributed by atoms with E-state index in [4.69, 9.17) is 15.2 Å². The van der Waals surface area contributed by atoms with Crippen LogP contribution in [0.5, 0.6) is 0 Å². The molecule has 1 amide bonds. The van der Waals surface area contributed by atoms with Crippen molar-refractivity contribution in [1.29, 1.82) is 0 Å². The van der Waals surface area contributed by atoms with Gasteiger partial charge in [0.15, 0.2) is 0 Å². The standard InChI is InChI=1S/C15H20N2O4/c1-2-4-13(18)20-9-10-6-7-12(21-10)14-11(15(16)19)5-3-8-17-14/h6-8,10,12H,2-5,9H2,1H3,(H2,16,19)/t10-,12-/m1/s1. The summed E-state index contributed by atoms with van der Waals surface area (Å²) in [5.74, 6) is -0.692. The van der Waals surface area contributed by atoms with E-state index in [-0.39, 0.29) is 18.7 Å². The minimum atomic E-state index is -0.461. The number of rotatable bonds is 6. The maximum atomic E-state index is 11.4. The van der Waals surface area contributed by atoms with Gasteiger partial charge in [-0.25, -0.2) is 0 Å². The molecule has 0 aromatic carbocycles. The second kappa shape index (κ2) is 7.36. The average molecular weight is 292 g/mol. The van der Waals surface area contributed by atoms with Crippen molar-refractivity contribution < 1.29 is 19.1 Å². The summed E-state index contributed by atoms with van der Waals surface area (Å²) in [6.45, 7) is 2.09. The van der Waals surface area contributed by atoms with Gasteiger partial charge in [0.2, 0.25) is 5.91 Å². The van der Waals surface area contributed by atoms with Gasteiger partial charge in [-0.2, -0.15) is 0 Å². The Morgan fingerprint density at radius 2 is 2.29 bits per heavy atom. The highest BCUT2D eigenvalue weighted by molar-refractivity contribution is 5.94. The monoisotopic (exact) mass is 292 g/mol. The molecule has 6 heteroatoms. The highest BCUT2D eigenvalue weighted by Gasteiger charge is 2.32. The topological polar surface area (TPSA) is 91.0 Å². The number of nitrogens with two attached hydrogens (primary N) is 1. The maximum Gasteiger partial charge on any atom is 0.305 e. The van der Waals surface area contributed by atoms with E-state index < -0.39 is 12.0 Å². The first-order valence-electron chi connectivity index (χ1n) is 7.16. The SMILES string of the molecule is CCCC(=O)OC[C@H]1[CH][CH][C@H](C2=C(C(N)=O)CCC=N2)O1. The lowest BCUT2D eigenvalue weighted by atomic mass is 10.0. The molecule has 2 aliphatic rings. The highest BCUT2D eigenvalue weighted by Crippen LogP contribution is 2.29. The van der Waals surface area contributed by atoms with E-state index in [1.54, 1.807) is 6.21 Å². The van der Waals surface area contributed by atoms with E-state index in [0.29, 0.717) is 30.5 Å². The lowest BCUT2D eigenvalue weighted by Gasteiger charge is -2.19. The number of aliphatic imine (C=N–C) groups is 1. The van der Waals surface area contributed by atoms with Crippen LogP contribution in [-0.4, -0.2) is 36.9 Å². The Balaban J connectivity index is 1.91. The lowest BCUT2D eigenvalue weighted by molar-refractivity contribution is -0.146. The number of hydrogen-bond acceptors (Lipinski definition) is 5. The normalized spacial score (nSPS) is 25.2. The van der Waals surface area contributed by atoms with Crippen molar-refractivity contribution in [3.8, 4) is 0 Å². The molecule has 2 rings (SSSR count). The van der Waals surface area contributed by atoms with E-state index in [1.165, 1.54) is 0 Å². The Bertz CT molecular complexity index is 470. The van der Waals surface area contributed by atoms with Crippen LogP contribution in [0.4, 0.5) is 0 Å². The van der Waals surface area contributed by atoms with Crippen LogP contribution in [0.15, 0.2) is 16.3 Å². The van der Waals surface area contributed by atoms with E-state index >= 15 is 0 Å². The molecule has 0 spiro atoms. The van der Waals surface area contributed by atoms with Gasteiger partial charge in [0, 0.05) is 31.1 Å². The molecule has 2 radical (unpaired) electrons. The van der Waals surface area contributed by atoms with Gasteiger partial charge in [-0.05, 0) is 19.3 Å². The van der Waals surface area contributed by atoms with Crippen molar-refractivity contribution >= 4 is 18.1 Å². The number of esters is 1. The van der Waals surface area contributed by atoms with E-state index in [9.17, 15) is 9.59 Å². The summed E-state index contributed by atoms with van der Waals surface area (Å²) in [7, 11) is 0. The summed E-state index contributed by atoms with van der Waals surface area (Å²) < 4.78 is 10.9. The second-order valence-corrected chi connectivity index (χ2v) is 4.99. The van der Waals surface area contributed by atoms with Gasteiger partial charge in [0.25, 0.3) is 0 Å². The molecule has 2 N–H and O–H groups in total. The Morgan fingerprint density at radius 1 is 1.48 bits per heavy atom. The van der Waals surface area contributed by atoms with Crippen LogP contribution in [0.2, 0.25) is 0 Å². The molecular formula is C15H20N2O4. The first-order valence-corrected chi connectivity index (χ1v) is 7.16. The minimum Gasteiger partial charge on any atom is -0.463 e. The third-order valence-electron chi connectivity index (χ3n) is 3.31. The predicted octanol–water partition coefficient (Wildman–Crippen LogP) is 1.11. The van der Waals surface area contributed by atoms with Crippen molar-refractivity contribution in [2.24, 2.45) is 10.7 Å². The van der Waals surface area contributed by atoms with Crippen LogP contribution in [0.3, 0.4) is 0 Å². The van der Waals surface area contributed by atoms with Crippen LogP contribution in [0.1, 0.15) is 32.6 Å². The minimum absolute atomic E-state index is 0.175. The molecule has 0 saturated carbocycles. The summed E-state index contributed by atoms with van der Waals surface area (Å²) >= 11 is 0. The second-order valence-electron chi connectivity index (χ2n) is 4.99. The molecule has 2 atom stereocenters. The highest BCUT2D eigenvalue weighted by atomic mass is 16.6. The largest absolute Gasteiger partial charge is 0.463 e. The number of carbonyl (C=O) groups excluding carboxylic acids is 2. The predicted molar refractivity (Wildman–Crippen MR) is 77.1 cm³/mol. The molecule has 0 unspecified atom stereocenters. The fourth-order valence-corrected chi connectivity index (χ4v) is 2.28. The Labute approximate surface area is 124 Å². The first-order chi connectivity index (χ1) is 10.1. The Hall–Kier alpha value is -1.69. The van der Waals surface area contributed by atoms with Crippen molar-refractivity contribution in [1.82, 2.24) is 0 Å². The van der Waals surface area contributed by atoms with Crippen LogP contribution >= 0.6 is 0 Å². The molecule has 1 saturated heterocycles. The maximum absolute atomic E-state index is 11.4. The van der Waals surface area contributed by atoms with Gasteiger partial charge < -0.3 is 15.2 Å². The zero-order chi connectivity index (χ0) is 15.2. The number of carbonyl (C=O) groups is 2. The Morgan fingerprint density at radius 3 is 3.00 bits per heavy atom. The molecular weight excluding hydrogens is 272 g/mol. The van der Waals surface area contributed by atoms with E-state index in [1.807, 2.05) is 19.8 Å². The molecule has 6 nitrogen and oxygen atoms in total. The number of ether oxygens (including phenoxy) is 2. The molecule has 1 fully saturated rings. The van der Waals surface area contributed by atoms with Crippen molar-refractivity contribution in [3.05, 3.63) is 24.1 Å². The summed E-state index contributed by atoms with van der Waals surface area (Å²) in [4.78, 5) is 27.0. The third-order valence-corrected chi connectivity index (χ3v) is 3.31. The molecule has 0 bridgehead atoms. The van der Waals surface area contributed by atoms with Gasteiger partial charge in [-0.1, -0.05) is 6.92 Å². The molecule has 2 heterocycles. The summed E-state index contributed by atoms with van der Waals surface area (Å²) in [6.07, 6.45) is 7.13. The van der Waals surface area contributed by atoms with E-state index in [2.05, 4.69) is 4.99 Å². The van der Waals surface area contributed by atoms with Gasteiger partial charge in [-0.3, -0.25) is 14.6 Å². The lowest BCUT2D eigenvalue weighted by Crippen LogP contribution is -2.24. The summed E-state index contributed by atoms with van der Waals surface area (Å²) in [5.41, 5.74) is 6.44. The fourth-order valence-electron chi connectivity index (χ4n) is 2.28. The van der Waals surface area contributed by atoms with Crippen LogP contribution in [-0.2, 0) is 19.1 Å². The molecule has 21 heavy (non-hydrogen) atoms. The zero-order valence-corrected chi connectivity index (χ0v) is 12.1. The zero-order valence-electron chi connectivity index (χ0n) is 12.1. The number of primary amides is 1. The molecule has 114 valence electrons. The van der Waals surface area contributed by atoms with Crippen molar-refractivity contribution in [2.75, 3.05) is 6.61 Å². The number of amides is 1.